The number of nitrogens with zero attached hydrogens (tertiary/aromatic N) is 2. The van der Waals surface area contributed by atoms with Crippen molar-refractivity contribution < 1.29 is 4.42 Å². The molecule has 0 radical (unpaired) electrons. The van der Waals surface area contributed by atoms with Crippen molar-refractivity contribution in [3.8, 4) is 11.3 Å². The largest absolute Gasteiger partial charge is 0.472 e. The molecule has 5 nitrogen and oxygen atoms in total. The Hall–Kier alpha value is -2.17. The van der Waals surface area contributed by atoms with E-state index in [9.17, 15) is 0 Å². The maximum atomic E-state index is 7.11. The van der Waals surface area contributed by atoms with Gasteiger partial charge in [0.15, 0.2) is 0 Å². The molecule has 3 N–H and O–H groups in total. The molecule has 0 saturated heterocycles. The van der Waals surface area contributed by atoms with Gasteiger partial charge in [-0.2, -0.15) is 5.10 Å². The highest BCUT2D eigenvalue weighted by molar-refractivity contribution is 5.89. The SMILES string of the molecule is N=Cc1cnnc(-c2ccoc2)c1N. The first-order chi connectivity index (χ1) is 6.83. The van der Waals surface area contributed by atoms with E-state index >= 15 is 0 Å². The Morgan fingerprint density at radius 3 is 3.00 bits per heavy atom. The fourth-order valence-corrected chi connectivity index (χ4v) is 1.14. The minimum absolute atomic E-state index is 0.441. The molecule has 0 atom stereocenters. The lowest BCUT2D eigenvalue weighted by atomic mass is 10.1. The van der Waals surface area contributed by atoms with Gasteiger partial charge in [-0.1, -0.05) is 0 Å². The Bertz CT molecular complexity index is 450. The normalized spacial score (nSPS) is 10.0. The molecule has 0 unspecified atom stereocenters. The predicted molar refractivity (Wildman–Crippen MR) is 52.0 cm³/mol. The number of furan rings is 1. The van der Waals surface area contributed by atoms with Crippen molar-refractivity contribution in [3.05, 3.63) is 30.4 Å². The summed E-state index contributed by atoms with van der Waals surface area (Å²) in [6, 6.07) is 1.74. The summed E-state index contributed by atoms with van der Waals surface area (Å²) in [5.41, 5.74) is 8.09. The van der Waals surface area contributed by atoms with Gasteiger partial charge in [0.05, 0.1) is 24.4 Å². The van der Waals surface area contributed by atoms with Crippen molar-refractivity contribution in [1.29, 1.82) is 5.41 Å². The molecule has 0 aliphatic rings. The van der Waals surface area contributed by atoms with Gasteiger partial charge in [-0.15, -0.1) is 5.10 Å². The highest BCUT2D eigenvalue weighted by atomic mass is 16.3. The van der Waals surface area contributed by atoms with E-state index in [-0.39, 0.29) is 0 Å². The van der Waals surface area contributed by atoms with Gasteiger partial charge in [0.2, 0.25) is 0 Å². The lowest BCUT2D eigenvalue weighted by Crippen LogP contribution is -2.00. The molecule has 14 heavy (non-hydrogen) atoms. The van der Waals surface area contributed by atoms with Crippen LogP contribution in [0.2, 0.25) is 0 Å². The number of hydrogen-bond donors (Lipinski definition) is 2. The van der Waals surface area contributed by atoms with Gasteiger partial charge in [-0.25, -0.2) is 0 Å². The topological polar surface area (TPSA) is 88.8 Å². The Morgan fingerprint density at radius 1 is 1.50 bits per heavy atom. The molecular weight excluding hydrogens is 180 g/mol. The first kappa shape index (κ1) is 8.43. The monoisotopic (exact) mass is 188 g/mol. The number of nitrogens with two attached hydrogens (primary N) is 1. The Kier molecular flexibility index (Phi) is 1.98. The molecule has 2 aromatic rings. The molecule has 0 fully saturated rings. The van der Waals surface area contributed by atoms with Crippen LogP contribution in [-0.4, -0.2) is 16.4 Å². The van der Waals surface area contributed by atoms with Gasteiger partial charge < -0.3 is 15.6 Å². The standard InChI is InChI=1S/C9H8N4O/c10-3-7-4-12-13-9(8(7)11)6-1-2-14-5-6/h1-5,10H,(H2,11,12). The number of anilines is 1. The molecular formula is C9H8N4O. The van der Waals surface area contributed by atoms with Crippen LogP contribution in [0, 0.1) is 5.41 Å². The molecule has 0 aliphatic heterocycles. The van der Waals surface area contributed by atoms with Gasteiger partial charge in [0.1, 0.15) is 5.69 Å². The fraction of sp³-hybridized carbons (Fsp3) is 0. The van der Waals surface area contributed by atoms with E-state index < -0.39 is 0 Å². The Balaban J connectivity index is 2.60. The van der Waals surface area contributed by atoms with Crippen LogP contribution < -0.4 is 5.73 Å². The van der Waals surface area contributed by atoms with Crippen LogP contribution in [-0.2, 0) is 0 Å². The lowest BCUT2D eigenvalue weighted by molar-refractivity contribution is 0.568. The van der Waals surface area contributed by atoms with Crippen LogP contribution >= 0.6 is 0 Å². The highest BCUT2D eigenvalue weighted by Gasteiger charge is 2.08. The zero-order chi connectivity index (χ0) is 9.97. The van der Waals surface area contributed by atoms with Gasteiger partial charge in [-0.05, 0) is 6.07 Å². The van der Waals surface area contributed by atoms with Crippen LogP contribution in [0.25, 0.3) is 11.3 Å². The quantitative estimate of drug-likeness (QED) is 0.695. The summed E-state index contributed by atoms with van der Waals surface area (Å²) in [5, 5.41) is 14.8. The van der Waals surface area contributed by atoms with E-state index in [1.165, 1.54) is 18.7 Å². The molecule has 70 valence electrons. The summed E-state index contributed by atoms with van der Waals surface area (Å²) >= 11 is 0. The van der Waals surface area contributed by atoms with Gasteiger partial charge in [-0.3, -0.25) is 0 Å². The summed E-state index contributed by atoms with van der Waals surface area (Å²) in [6.07, 6.45) is 5.67. The molecule has 0 spiro atoms. The van der Waals surface area contributed by atoms with Crippen LogP contribution in [0.5, 0.6) is 0 Å². The molecule has 2 heterocycles. The third kappa shape index (κ3) is 1.24. The molecule has 2 aromatic heterocycles. The number of rotatable bonds is 2. The molecule has 0 aliphatic carbocycles. The Labute approximate surface area is 80.1 Å². The zero-order valence-corrected chi connectivity index (χ0v) is 7.27. The second-order valence-corrected chi connectivity index (χ2v) is 2.72. The van der Waals surface area contributed by atoms with Crippen LogP contribution in [0.1, 0.15) is 5.56 Å². The van der Waals surface area contributed by atoms with Crippen molar-refractivity contribution in [2.75, 3.05) is 5.73 Å². The minimum Gasteiger partial charge on any atom is -0.472 e. The smallest absolute Gasteiger partial charge is 0.120 e. The molecule has 0 amide bonds. The molecule has 0 saturated carbocycles. The average Bonchev–Trinajstić information content (AvgIpc) is 2.71. The minimum atomic E-state index is 0.441. The number of nitrogens with one attached hydrogen (secondary N) is 1. The van der Waals surface area contributed by atoms with E-state index in [0.29, 0.717) is 16.9 Å². The number of hydrogen-bond acceptors (Lipinski definition) is 5. The van der Waals surface area contributed by atoms with E-state index in [4.69, 9.17) is 15.6 Å². The second-order valence-electron chi connectivity index (χ2n) is 2.72. The van der Waals surface area contributed by atoms with Crippen molar-refractivity contribution in [2.45, 2.75) is 0 Å². The van der Waals surface area contributed by atoms with Crippen molar-refractivity contribution in [1.82, 2.24) is 10.2 Å². The maximum absolute atomic E-state index is 7.11. The van der Waals surface area contributed by atoms with Gasteiger partial charge in [0.25, 0.3) is 0 Å². The van der Waals surface area contributed by atoms with Crippen LogP contribution in [0.4, 0.5) is 5.69 Å². The lowest BCUT2D eigenvalue weighted by Gasteiger charge is -2.02. The summed E-state index contributed by atoms with van der Waals surface area (Å²) in [6.45, 7) is 0. The average molecular weight is 188 g/mol. The first-order valence-electron chi connectivity index (χ1n) is 3.97. The zero-order valence-electron chi connectivity index (χ0n) is 7.27. The molecule has 0 bridgehead atoms. The van der Waals surface area contributed by atoms with Gasteiger partial charge in [0, 0.05) is 17.3 Å². The van der Waals surface area contributed by atoms with Crippen LogP contribution in [0.3, 0.4) is 0 Å². The predicted octanol–water partition coefficient (Wildman–Crippen LogP) is 1.32. The maximum Gasteiger partial charge on any atom is 0.120 e. The number of aromatic nitrogens is 2. The summed E-state index contributed by atoms with van der Waals surface area (Å²) in [7, 11) is 0. The molecule has 5 heteroatoms. The molecule has 2 rings (SSSR count). The summed E-state index contributed by atoms with van der Waals surface area (Å²) in [5.74, 6) is 0. The Morgan fingerprint density at radius 2 is 2.36 bits per heavy atom. The molecule has 0 aromatic carbocycles. The highest BCUT2D eigenvalue weighted by Crippen LogP contribution is 2.24. The van der Waals surface area contributed by atoms with E-state index in [1.807, 2.05) is 0 Å². The number of nitrogen functional groups attached to an aromatic ring is 1. The first-order valence-corrected chi connectivity index (χ1v) is 3.97. The van der Waals surface area contributed by atoms with Crippen molar-refractivity contribution in [2.24, 2.45) is 0 Å². The van der Waals surface area contributed by atoms with Gasteiger partial charge >= 0.3 is 0 Å². The van der Waals surface area contributed by atoms with Crippen molar-refractivity contribution in [3.63, 3.8) is 0 Å². The summed E-state index contributed by atoms with van der Waals surface area (Å²) in [4.78, 5) is 0. The van der Waals surface area contributed by atoms with Crippen LogP contribution in [0.15, 0.2) is 29.2 Å². The third-order valence-corrected chi connectivity index (χ3v) is 1.87. The van der Waals surface area contributed by atoms with E-state index in [2.05, 4.69) is 10.2 Å². The van der Waals surface area contributed by atoms with Crippen molar-refractivity contribution >= 4 is 11.9 Å². The van der Waals surface area contributed by atoms with E-state index in [0.717, 1.165) is 11.8 Å². The fourth-order valence-electron chi connectivity index (χ4n) is 1.14. The van der Waals surface area contributed by atoms with E-state index in [1.54, 1.807) is 6.07 Å². The summed E-state index contributed by atoms with van der Waals surface area (Å²) < 4.78 is 4.92. The third-order valence-electron chi connectivity index (χ3n) is 1.87. The second kappa shape index (κ2) is 3.29.